The molecule has 26 heavy (non-hydrogen) atoms. The monoisotopic (exact) mass is 354 g/mol. The number of para-hydroxylation sites is 1. The number of nitrogens with two attached hydrogens (primary N) is 1. The molecule has 1 fully saturated rings. The second-order valence-corrected chi connectivity index (χ2v) is 6.27. The molecule has 2 aromatic rings. The van der Waals surface area contributed by atoms with Gasteiger partial charge in [0, 0.05) is 5.69 Å². The fourth-order valence-electron chi connectivity index (χ4n) is 2.87. The Hall–Kier alpha value is -3.02. The van der Waals surface area contributed by atoms with Gasteiger partial charge in [-0.15, -0.1) is 0 Å². The molecule has 0 aliphatic heterocycles. The van der Waals surface area contributed by atoms with Crippen molar-refractivity contribution in [3.05, 3.63) is 54.1 Å². The number of anilines is 2. The molecular formula is C20H22N2O4. The van der Waals surface area contributed by atoms with Gasteiger partial charge in [-0.05, 0) is 56.0 Å². The first-order valence-electron chi connectivity index (χ1n) is 8.70. The van der Waals surface area contributed by atoms with Crippen molar-refractivity contribution in [3.63, 3.8) is 0 Å². The van der Waals surface area contributed by atoms with Crippen molar-refractivity contribution in [3.8, 4) is 5.75 Å². The number of rotatable bonds is 6. The van der Waals surface area contributed by atoms with Crippen LogP contribution in [0.1, 0.15) is 36.0 Å². The number of hydrogen-bond donors (Lipinski definition) is 2. The largest absolute Gasteiger partial charge is 0.482 e. The van der Waals surface area contributed by atoms with E-state index in [4.69, 9.17) is 15.2 Å². The molecule has 0 spiro atoms. The Morgan fingerprint density at radius 3 is 2.54 bits per heavy atom. The van der Waals surface area contributed by atoms with E-state index in [1.54, 1.807) is 24.3 Å². The van der Waals surface area contributed by atoms with Crippen molar-refractivity contribution in [1.29, 1.82) is 0 Å². The van der Waals surface area contributed by atoms with Crippen LogP contribution in [0.4, 0.5) is 11.4 Å². The lowest BCUT2D eigenvalue weighted by Crippen LogP contribution is -2.20. The summed E-state index contributed by atoms with van der Waals surface area (Å²) in [4.78, 5) is 24.2. The van der Waals surface area contributed by atoms with Gasteiger partial charge >= 0.3 is 5.97 Å². The van der Waals surface area contributed by atoms with Crippen LogP contribution in [-0.2, 0) is 9.53 Å². The van der Waals surface area contributed by atoms with Gasteiger partial charge in [-0.2, -0.15) is 0 Å². The molecule has 0 heterocycles. The zero-order valence-corrected chi connectivity index (χ0v) is 14.4. The standard InChI is InChI=1S/C20H22N2O4/c21-17-11-10-14(20(24)26-16-8-4-5-9-16)12-18(17)25-13-19(23)22-15-6-2-1-3-7-15/h1-3,6-7,10-12,16H,4-5,8-9,13,21H2,(H,22,23). The summed E-state index contributed by atoms with van der Waals surface area (Å²) in [5.41, 5.74) is 7.29. The average molecular weight is 354 g/mol. The van der Waals surface area contributed by atoms with Crippen LogP contribution in [-0.4, -0.2) is 24.6 Å². The van der Waals surface area contributed by atoms with Gasteiger partial charge in [0.15, 0.2) is 6.61 Å². The van der Waals surface area contributed by atoms with Gasteiger partial charge in [0.1, 0.15) is 11.9 Å². The Morgan fingerprint density at radius 2 is 1.81 bits per heavy atom. The van der Waals surface area contributed by atoms with Crippen molar-refractivity contribution in [1.82, 2.24) is 0 Å². The van der Waals surface area contributed by atoms with Crippen LogP contribution in [0.2, 0.25) is 0 Å². The molecule has 136 valence electrons. The molecule has 0 saturated heterocycles. The fraction of sp³-hybridized carbons (Fsp3) is 0.300. The van der Waals surface area contributed by atoms with E-state index in [0.29, 0.717) is 16.9 Å². The van der Waals surface area contributed by atoms with Gasteiger partial charge < -0.3 is 20.5 Å². The van der Waals surface area contributed by atoms with Crippen molar-refractivity contribution >= 4 is 23.3 Å². The van der Waals surface area contributed by atoms with E-state index in [1.165, 1.54) is 6.07 Å². The van der Waals surface area contributed by atoms with E-state index < -0.39 is 5.97 Å². The molecule has 0 atom stereocenters. The molecule has 3 rings (SSSR count). The third-order valence-electron chi connectivity index (χ3n) is 4.24. The first-order valence-corrected chi connectivity index (χ1v) is 8.70. The number of nitrogens with one attached hydrogen (secondary N) is 1. The zero-order valence-electron chi connectivity index (χ0n) is 14.4. The highest BCUT2D eigenvalue weighted by Gasteiger charge is 2.20. The summed E-state index contributed by atoms with van der Waals surface area (Å²) >= 11 is 0. The molecule has 1 saturated carbocycles. The van der Waals surface area contributed by atoms with Crippen LogP contribution in [0.3, 0.4) is 0 Å². The number of carbonyl (C=O) groups excluding carboxylic acids is 2. The molecule has 1 amide bonds. The molecular weight excluding hydrogens is 332 g/mol. The van der Waals surface area contributed by atoms with Crippen LogP contribution in [0.25, 0.3) is 0 Å². The van der Waals surface area contributed by atoms with Crippen LogP contribution in [0, 0.1) is 0 Å². The summed E-state index contributed by atoms with van der Waals surface area (Å²) in [5, 5.41) is 2.72. The normalized spacial score (nSPS) is 14.0. The van der Waals surface area contributed by atoms with Gasteiger partial charge in [-0.25, -0.2) is 4.79 Å². The third kappa shape index (κ3) is 4.75. The van der Waals surface area contributed by atoms with Crippen LogP contribution in [0.15, 0.2) is 48.5 Å². The summed E-state index contributed by atoms with van der Waals surface area (Å²) in [6.07, 6.45) is 3.98. The summed E-state index contributed by atoms with van der Waals surface area (Å²) in [5.74, 6) is -0.417. The predicted octanol–water partition coefficient (Wildman–Crippen LogP) is 3.39. The number of benzene rings is 2. The Kier molecular flexibility index (Phi) is 5.73. The molecule has 0 aromatic heterocycles. The minimum Gasteiger partial charge on any atom is -0.482 e. The highest BCUT2D eigenvalue weighted by Crippen LogP contribution is 2.26. The molecule has 1 aliphatic carbocycles. The molecule has 6 nitrogen and oxygen atoms in total. The van der Waals surface area contributed by atoms with E-state index in [1.807, 2.05) is 18.2 Å². The Balaban J connectivity index is 1.58. The van der Waals surface area contributed by atoms with Crippen LogP contribution >= 0.6 is 0 Å². The number of amides is 1. The maximum Gasteiger partial charge on any atom is 0.338 e. The van der Waals surface area contributed by atoms with E-state index in [0.717, 1.165) is 25.7 Å². The summed E-state index contributed by atoms with van der Waals surface area (Å²) in [6.45, 7) is -0.208. The van der Waals surface area contributed by atoms with Gasteiger partial charge in [0.05, 0.1) is 11.3 Å². The number of nitrogen functional groups attached to an aromatic ring is 1. The quantitative estimate of drug-likeness (QED) is 0.613. The Bertz CT molecular complexity index is 771. The minimum absolute atomic E-state index is 0.0129. The fourth-order valence-corrected chi connectivity index (χ4v) is 2.87. The lowest BCUT2D eigenvalue weighted by Gasteiger charge is -2.13. The average Bonchev–Trinajstić information content (AvgIpc) is 3.15. The van der Waals surface area contributed by atoms with E-state index >= 15 is 0 Å². The van der Waals surface area contributed by atoms with Crippen molar-refractivity contribution in [2.24, 2.45) is 0 Å². The van der Waals surface area contributed by atoms with Crippen molar-refractivity contribution in [2.45, 2.75) is 31.8 Å². The molecule has 0 unspecified atom stereocenters. The molecule has 3 N–H and O–H groups in total. The Morgan fingerprint density at radius 1 is 1.08 bits per heavy atom. The lowest BCUT2D eigenvalue weighted by molar-refractivity contribution is -0.118. The van der Waals surface area contributed by atoms with Crippen molar-refractivity contribution in [2.75, 3.05) is 17.7 Å². The summed E-state index contributed by atoms with van der Waals surface area (Å²) in [7, 11) is 0. The topological polar surface area (TPSA) is 90.7 Å². The number of carbonyl (C=O) groups is 2. The van der Waals surface area contributed by atoms with Crippen molar-refractivity contribution < 1.29 is 19.1 Å². The number of hydrogen-bond acceptors (Lipinski definition) is 5. The number of ether oxygens (including phenoxy) is 2. The second kappa shape index (κ2) is 8.38. The van der Waals surface area contributed by atoms with E-state index in [9.17, 15) is 9.59 Å². The molecule has 2 aromatic carbocycles. The maximum absolute atomic E-state index is 12.2. The van der Waals surface area contributed by atoms with Gasteiger partial charge in [-0.1, -0.05) is 18.2 Å². The first kappa shape index (κ1) is 17.8. The van der Waals surface area contributed by atoms with Gasteiger partial charge in [-0.3, -0.25) is 4.79 Å². The Labute approximate surface area is 152 Å². The lowest BCUT2D eigenvalue weighted by atomic mass is 10.2. The highest BCUT2D eigenvalue weighted by atomic mass is 16.5. The molecule has 6 heteroatoms. The zero-order chi connectivity index (χ0) is 18.4. The van der Waals surface area contributed by atoms with E-state index in [2.05, 4.69) is 5.32 Å². The maximum atomic E-state index is 12.2. The van der Waals surface area contributed by atoms with E-state index in [-0.39, 0.29) is 24.4 Å². The van der Waals surface area contributed by atoms with Crippen LogP contribution < -0.4 is 15.8 Å². The highest BCUT2D eigenvalue weighted by molar-refractivity contribution is 5.92. The predicted molar refractivity (Wildman–Crippen MR) is 99.1 cm³/mol. The SMILES string of the molecule is Nc1ccc(C(=O)OC2CCCC2)cc1OCC(=O)Nc1ccccc1. The van der Waals surface area contributed by atoms with Gasteiger partial charge in [0.25, 0.3) is 5.91 Å². The third-order valence-corrected chi connectivity index (χ3v) is 4.24. The smallest absolute Gasteiger partial charge is 0.338 e. The molecule has 0 bridgehead atoms. The molecule has 0 radical (unpaired) electrons. The molecule has 1 aliphatic rings. The first-order chi connectivity index (χ1) is 12.6. The van der Waals surface area contributed by atoms with Crippen LogP contribution in [0.5, 0.6) is 5.75 Å². The second-order valence-electron chi connectivity index (χ2n) is 6.27. The summed E-state index contributed by atoms with van der Waals surface area (Å²) < 4.78 is 11.0. The van der Waals surface area contributed by atoms with Gasteiger partial charge in [0.2, 0.25) is 0 Å². The summed E-state index contributed by atoms with van der Waals surface area (Å²) in [6, 6.07) is 13.8. The minimum atomic E-state index is -0.393. The number of esters is 1.